The Balaban J connectivity index is 1.87. The lowest BCUT2D eigenvalue weighted by atomic mass is 10.3. The van der Waals surface area contributed by atoms with Crippen LogP contribution in [-0.4, -0.2) is 45.1 Å². The Labute approximate surface area is 198 Å². The zero-order valence-electron chi connectivity index (χ0n) is 19.9. The summed E-state index contributed by atoms with van der Waals surface area (Å²) in [6.45, 7) is 5.02. The third kappa shape index (κ3) is 5.41. The maximum atomic E-state index is 13.3. The van der Waals surface area contributed by atoms with E-state index < -0.39 is 21.1 Å². The van der Waals surface area contributed by atoms with Gasteiger partial charge in [-0.15, -0.1) is 0 Å². The molecule has 0 spiro atoms. The Kier molecular flexibility index (Phi) is 8.32. The number of unbranched alkanes of at least 4 members (excludes halogenated alkanes) is 1. The van der Waals surface area contributed by atoms with Gasteiger partial charge in [0.1, 0.15) is 18.2 Å². The summed E-state index contributed by atoms with van der Waals surface area (Å²) in [5, 5.41) is 9.76. The summed E-state index contributed by atoms with van der Waals surface area (Å²) in [6, 6.07) is 6.10. The summed E-state index contributed by atoms with van der Waals surface area (Å²) in [6.07, 6.45) is 3.92. The van der Waals surface area contributed by atoms with Crippen LogP contribution in [0.3, 0.4) is 0 Å². The molecule has 1 N–H and O–H groups in total. The highest BCUT2D eigenvalue weighted by Crippen LogP contribution is 2.16. The average Bonchev–Trinajstić information content (AvgIpc) is 3.17. The molecule has 0 fully saturated rings. The van der Waals surface area contributed by atoms with Crippen molar-refractivity contribution in [1.29, 1.82) is 0 Å². The minimum absolute atomic E-state index is 0.160. The van der Waals surface area contributed by atoms with E-state index in [0.29, 0.717) is 42.2 Å². The summed E-state index contributed by atoms with van der Waals surface area (Å²) >= 11 is 0. The van der Waals surface area contributed by atoms with Gasteiger partial charge >= 0.3 is 5.69 Å². The van der Waals surface area contributed by atoms with Crippen LogP contribution in [0.15, 0.2) is 38.8 Å². The van der Waals surface area contributed by atoms with E-state index in [-0.39, 0.29) is 24.7 Å². The Morgan fingerprint density at radius 3 is 2.21 bits per heavy atom. The fraction of sp³-hybridized carbons (Fsp3) is 0.522. The van der Waals surface area contributed by atoms with Crippen LogP contribution in [0.5, 0.6) is 5.75 Å². The predicted octanol–water partition coefficient (Wildman–Crippen LogP) is 1.93. The SMILES string of the molecule is CCCCn1c(=O)n(CCCOc2ccc(S(C)(=O)=O)cc2)c(=O)c2c1nc(CO)n2CCC. The quantitative estimate of drug-likeness (QED) is 0.383. The van der Waals surface area contributed by atoms with Gasteiger partial charge in [0.25, 0.3) is 5.56 Å². The van der Waals surface area contributed by atoms with Gasteiger partial charge in [-0.05, 0) is 43.5 Å². The lowest BCUT2D eigenvalue weighted by Gasteiger charge is -2.13. The van der Waals surface area contributed by atoms with Crippen LogP contribution in [-0.2, 0) is 36.1 Å². The van der Waals surface area contributed by atoms with Crippen molar-refractivity contribution in [2.45, 2.75) is 70.7 Å². The van der Waals surface area contributed by atoms with Gasteiger partial charge in [0, 0.05) is 25.9 Å². The molecule has 1 aromatic carbocycles. The second-order valence-corrected chi connectivity index (χ2v) is 10.2. The Bertz CT molecular complexity index is 1350. The number of aliphatic hydroxyl groups excluding tert-OH is 1. The molecule has 0 aliphatic heterocycles. The molecule has 0 amide bonds. The van der Waals surface area contributed by atoms with Crippen molar-refractivity contribution in [3.05, 3.63) is 50.9 Å². The van der Waals surface area contributed by atoms with E-state index in [1.807, 2.05) is 13.8 Å². The molecule has 0 radical (unpaired) electrons. The second-order valence-electron chi connectivity index (χ2n) is 8.20. The van der Waals surface area contributed by atoms with E-state index >= 15 is 0 Å². The van der Waals surface area contributed by atoms with Gasteiger partial charge in [0.15, 0.2) is 21.0 Å². The lowest BCUT2D eigenvalue weighted by Crippen LogP contribution is -2.41. The number of aryl methyl sites for hydroxylation is 2. The van der Waals surface area contributed by atoms with Crippen LogP contribution in [0.25, 0.3) is 11.2 Å². The van der Waals surface area contributed by atoms with Crippen LogP contribution in [0, 0.1) is 0 Å². The number of imidazole rings is 1. The number of ether oxygens (including phenoxy) is 1. The maximum absolute atomic E-state index is 13.3. The van der Waals surface area contributed by atoms with E-state index in [2.05, 4.69) is 4.98 Å². The highest BCUT2D eigenvalue weighted by Gasteiger charge is 2.20. The molecule has 2 heterocycles. The van der Waals surface area contributed by atoms with Gasteiger partial charge in [0.05, 0.1) is 11.5 Å². The van der Waals surface area contributed by atoms with Crippen molar-refractivity contribution in [2.24, 2.45) is 0 Å². The number of benzene rings is 1. The predicted molar refractivity (Wildman–Crippen MR) is 129 cm³/mol. The van der Waals surface area contributed by atoms with Crippen molar-refractivity contribution in [2.75, 3.05) is 12.9 Å². The molecule has 3 aromatic rings. The van der Waals surface area contributed by atoms with Crippen molar-refractivity contribution in [3.63, 3.8) is 0 Å². The summed E-state index contributed by atoms with van der Waals surface area (Å²) in [5.74, 6) is 0.876. The van der Waals surface area contributed by atoms with Gasteiger partial charge in [-0.25, -0.2) is 18.2 Å². The third-order valence-electron chi connectivity index (χ3n) is 5.56. The van der Waals surface area contributed by atoms with Crippen LogP contribution < -0.4 is 16.0 Å². The zero-order chi connectivity index (χ0) is 24.9. The first kappa shape index (κ1) is 25.7. The Morgan fingerprint density at radius 1 is 0.941 bits per heavy atom. The highest BCUT2D eigenvalue weighted by molar-refractivity contribution is 7.90. The number of aromatic nitrogens is 4. The smallest absolute Gasteiger partial charge is 0.332 e. The molecule has 0 atom stereocenters. The van der Waals surface area contributed by atoms with E-state index in [1.165, 1.54) is 21.3 Å². The number of rotatable bonds is 12. The van der Waals surface area contributed by atoms with Gasteiger partial charge in [-0.3, -0.25) is 13.9 Å². The molecule has 186 valence electrons. The zero-order valence-corrected chi connectivity index (χ0v) is 20.7. The van der Waals surface area contributed by atoms with Gasteiger partial charge in [-0.2, -0.15) is 0 Å². The Hall–Kier alpha value is -2.92. The van der Waals surface area contributed by atoms with Crippen molar-refractivity contribution >= 4 is 21.0 Å². The molecule has 0 saturated carbocycles. The normalized spacial score (nSPS) is 11.9. The molecule has 2 aromatic heterocycles. The van der Waals surface area contributed by atoms with Crippen molar-refractivity contribution < 1.29 is 18.3 Å². The molecule has 0 aliphatic rings. The average molecular weight is 493 g/mol. The molecule has 0 unspecified atom stereocenters. The molecule has 0 bridgehead atoms. The van der Waals surface area contributed by atoms with E-state index in [0.717, 1.165) is 25.5 Å². The van der Waals surface area contributed by atoms with Crippen molar-refractivity contribution in [3.8, 4) is 5.75 Å². The summed E-state index contributed by atoms with van der Waals surface area (Å²) < 4.78 is 33.3. The number of hydrogen-bond donors (Lipinski definition) is 1. The molecule has 10 nitrogen and oxygen atoms in total. The summed E-state index contributed by atoms with van der Waals surface area (Å²) in [5.41, 5.74) is -0.196. The standard InChI is InChI=1S/C23H32N4O6S/c1-4-6-13-26-21-20(25(12-5-2)19(16-28)24-21)22(29)27(23(26)30)14-7-15-33-17-8-10-18(11-9-17)34(3,31)32/h8-11,28H,4-7,12-16H2,1-3H3. The largest absolute Gasteiger partial charge is 0.494 e. The number of nitrogens with zero attached hydrogens (tertiary/aromatic N) is 4. The second kappa shape index (κ2) is 11.0. The molecule has 11 heteroatoms. The number of sulfone groups is 1. The minimum Gasteiger partial charge on any atom is -0.494 e. The topological polar surface area (TPSA) is 125 Å². The molecular weight excluding hydrogens is 460 g/mol. The van der Waals surface area contributed by atoms with Gasteiger partial charge < -0.3 is 14.4 Å². The Morgan fingerprint density at radius 2 is 1.62 bits per heavy atom. The van der Waals surface area contributed by atoms with E-state index in [1.54, 1.807) is 16.7 Å². The molecule has 34 heavy (non-hydrogen) atoms. The maximum Gasteiger partial charge on any atom is 0.332 e. The first-order valence-electron chi connectivity index (χ1n) is 11.5. The third-order valence-corrected chi connectivity index (χ3v) is 6.69. The fourth-order valence-electron chi connectivity index (χ4n) is 3.83. The lowest BCUT2D eigenvalue weighted by molar-refractivity contribution is 0.265. The van der Waals surface area contributed by atoms with Crippen LogP contribution in [0.4, 0.5) is 0 Å². The first-order chi connectivity index (χ1) is 16.2. The number of hydrogen-bond acceptors (Lipinski definition) is 7. The van der Waals surface area contributed by atoms with Gasteiger partial charge in [0.2, 0.25) is 0 Å². The summed E-state index contributed by atoms with van der Waals surface area (Å²) in [4.78, 5) is 31.1. The number of fused-ring (bicyclic) bond motifs is 1. The molecule has 3 rings (SSSR count). The molecule has 0 saturated heterocycles. The van der Waals surface area contributed by atoms with E-state index in [9.17, 15) is 23.1 Å². The minimum atomic E-state index is -3.28. The number of aliphatic hydroxyl groups is 1. The van der Waals surface area contributed by atoms with E-state index in [4.69, 9.17) is 4.74 Å². The van der Waals surface area contributed by atoms with Gasteiger partial charge in [-0.1, -0.05) is 20.3 Å². The van der Waals surface area contributed by atoms with Crippen molar-refractivity contribution in [1.82, 2.24) is 18.7 Å². The van der Waals surface area contributed by atoms with Crippen LogP contribution in [0.2, 0.25) is 0 Å². The fourth-order valence-corrected chi connectivity index (χ4v) is 4.46. The molecular formula is C23H32N4O6S. The first-order valence-corrected chi connectivity index (χ1v) is 13.4. The molecule has 0 aliphatic carbocycles. The highest BCUT2D eigenvalue weighted by atomic mass is 32.2. The summed E-state index contributed by atoms with van der Waals surface area (Å²) in [7, 11) is -3.28. The monoisotopic (exact) mass is 492 g/mol. The van der Waals surface area contributed by atoms with Crippen LogP contribution >= 0.6 is 0 Å². The van der Waals surface area contributed by atoms with Crippen LogP contribution in [0.1, 0.15) is 45.4 Å².